The first kappa shape index (κ1) is 18.1. The Morgan fingerprint density at radius 2 is 1.96 bits per heavy atom. The van der Waals surface area contributed by atoms with Crippen LogP contribution >= 0.6 is 0 Å². The molecule has 1 aromatic heterocycles. The van der Waals surface area contributed by atoms with E-state index in [9.17, 15) is 14.7 Å². The van der Waals surface area contributed by atoms with Crippen LogP contribution < -0.4 is 0 Å². The molecule has 1 aliphatic heterocycles. The van der Waals surface area contributed by atoms with Crippen molar-refractivity contribution in [1.82, 2.24) is 14.7 Å². The van der Waals surface area contributed by atoms with Gasteiger partial charge in [-0.3, -0.25) is 9.59 Å². The van der Waals surface area contributed by atoms with Crippen molar-refractivity contribution in [3.63, 3.8) is 0 Å². The maximum absolute atomic E-state index is 12.8. The highest BCUT2D eigenvalue weighted by atomic mass is 16.5. The third-order valence-corrected chi connectivity index (χ3v) is 4.88. The molecule has 7 heteroatoms. The lowest BCUT2D eigenvalue weighted by Gasteiger charge is -2.23. The minimum atomic E-state index is -1.02. The molecule has 26 heavy (non-hydrogen) atoms. The van der Waals surface area contributed by atoms with Gasteiger partial charge in [-0.25, -0.2) is 4.68 Å². The fourth-order valence-corrected chi connectivity index (χ4v) is 3.49. The van der Waals surface area contributed by atoms with Gasteiger partial charge in [-0.1, -0.05) is 0 Å². The highest BCUT2D eigenvalue weighted by molar-refractivity contribution is 5.95. The summed E-state index contributed by atoms with van der Waals surface area (Å²) in [4.78, 5) is 26.0. The molecule has 0 bridgehead atoms. The average molecular weight is 357 g/mol. The predicted octanol–water partition coefficient (Wildman–Crippen LogP) is 2.05. The molecule has 138 valence electrons. The molecule has 0 radical (unpaired) electrons. The van der Waals surface area contributed by atoms with E-state index < -0.39 is 11.4 Å². The van der Waals surface area contributed by atoms with E-state index in [2.05, 4.69) is 5.10 Å². The number of carbonyl (C=O) groups excluding carboxylic acids is 1. The predicted molar refractivity (Wildman–Crippen MR) is 95.5 cm³/mol. The van der Waals surface area contributed by atoms with E-state index in [1.807, 2.05) is 36.7 Å². The van der Waals surface area contributed by atoms with Gasteiger partial charge in [0.2, 0.25) is 0 Å². The molecule has 7 nitrogen and oxygen atoms in total. The third-order valence-electron chi connectivity index (χ3n) is 4.88. The van der Waals surface area contributed by atoms with Crippen molar-refractivity contribution in [3.05, 3.63) is 47.3 Å². The van der Waals surface area contributed by atoms with Crippen LogP contribution in [0.5, 0.6) is 0 Å². The highest BCUT2D eigenvalue weighted by Crippen LogP contribution is 2.32. The second-order valence-electron chi connectivity index (χ2n) is 6.88. The molecule has 0 saturated carbocycles. The Morgan fingerprint density at radius 3 is 2.50 bits per heavy atom. The Bertz CT molecular complexity index is 828. The molecule has 1 aromatic carbocycles. The van der Waals surface area contributed by atoms with Gasteiger partial charge in [0, 0.05) is 31.5 Å². The Balaban J connectivity index is 1.77. The summed E-state index contributed by atoms with van der Waals surface area (Å²) < 4.78 is 6.90. The number of nitrogens with zero attached hydrogens (tertiary/aromatic N) is 3. The number of carboxylic acid groups (broad SMARTS) is 1. The standard InChI is InChI=1S/C19H23N3O4/c1-13-10-14(2)22(20-13)16-6-4-15(5-7-16)17(23)21-9-8-19(11-21,12-26-3)18(24)25/h4-7,10H,8-9,11-12H2,1-3H3,(H,24,25). The first-order valence-corrected chi connectivity index (χ1v) is 8.52. The summed E-state index contributed by atoms with van der Waals surface area (Å²) >= 11 is 0. The lowest BCUT2D eigenvalue weighted by atomic mass is 9.88. The van der Waals surface area contributed by atoms with Crippen LogP contribution in [-0.4, -0.2) is 58.5 Å². The molecule has 1 atom stereocenters. The van der Waals surface area contributed by atoms with Crippen molar-refractivity contribution in [2.24, 2.45) is 5.41 Å². The summed E-state index contributed by atoms with van der Waals surface area (Å²) in [6, 6.07) is 9.20. The van der Waals surface area contributed by atoms with Crippen molar-refractivity contribution in [1.29, 1.82) is 0 Å². The summed E-state index contributed by atoms with van der Waals surface area (Å²) in [6.45, 7) is 4.58. The minimum Gasteiger partial charge on any atom is -0.481 e. The Kier molecular flexibility index (Phi) is 4.82. The van der Waals surface area contributed by atoms with E-state index in [0.29, 0.717) is 18.5 Å². The largest absolute Gasteiger partial charge is 0.481 e. The van der Waals surface area contributed by atoms with Crippen LogP contribution in [0.15, 0.2) is 30.3 Å². The first-order valence-electron chi connectivity index (χ1n) is 8.52. The molecular weight excluding hydrogens is 334 g/mol. The average Bonchev–Trinajstić information content (AvgIpc) is 3.19. The topological polar surface area (TPSA) is 84.7 Å². The summed E-state index contributed by atoms with van der Waals surface area (Å²) in [5, 5.41) is 14.0. The van der Waals surface area contributed by atoms with E-state index >= 15 is 0 Å². The Hall–Kier alpha value is -2.67. The van der Waals surface area contributed by atoms with Crippen LogP contribution in [0, 0.1) is 19.3 Å². The van der Waals surface area contributed by atoms with Gasteiger partial charge in [0.25, 0.3) is 5.91 Å². The molecule has 1 saturated heterocycles. The summed E-state index contributed by atoms with van der Waals surface area (Å²) in [5.74, 6) is -1.08. The second-order valence-corrected chi connectivity index (χ2v) is 6.88. The molecule has 1 N–H and O–H groups in total. The maximum Gasteiger partial charge on any atom is 0.313 e. The maximum atomic E-state index is 12.8. The van der Waals surface area contributed by atoms with Crippen molar-refractivity contribution < 1.29 is 19.4 Å². The van der Waals surface area contributed by atoms with Gasteiger partial charge in [0.05, 0.1) is 18.0 Å². The number of benzene rings is 1. The highest BCUT2D eigenvalue weighted by Gasteiger charge is 2.46. The molecular formula is C19H23N3O4. The zero-order valence-corrected chi connectivity index (χ0v) is 15.2. The van der Waals surface area contributed by atoms with Crippen molar-refractivity contribution in [3.8, 4) is 5.69 Å². The summed E-state index contributed by atoms with van der Waals surface area (Å²) in [5.41, 5.74) is 2.35. The number of ether oxygens (including phenoxy) is 1. The molecule has 0 spiro atoms. The molecule has 1 aliphatic rings. The van der Waals surface area contributed by atoms with Gasteiger partial charge in [-0.2, -0.15) is 5.10 Å². The van der Waals surface area contributed by atoms with Crippen LogP contribution in [0.3, 0.4) is 0 Å². The Morgan fingerprint density at radius 1 is 1.27 bits per heavy atom. The van der Waals surface area contributed by atoms with E-state index in [4.69, 9.17) is 4.74 Å². The summed E-state index contributed by atoms with van der Waals surface area (Å²) in [7, 11) is 1.48. The molecule has 1 fully saturated rings. The first-order chi connectivity index (χ1) is 12.4. The van der Waals surface area contributed by atoms with Crippen LogP contribution in [0.25, 0.3) is 5.69 Å². The van der Waals surface area contributed by atoms with E-state index in [1.165, 1.54) is 7.11 Å². The van der Waals surface area contributed by atoms with Crippen LogP contribution in [0.2, 0.25) is 0 Å². The van der Waals surface area contributed by atoms with Crippen molar-refractivity contribution in [2.75, 3.05) is 26.8 Å². The van der Waals surface area contributed by atoms with Gasteiger partial charge in [0.1, 0.15) is 5.41 Å². The molecule has 1 unspecified atom stereocenters. The van der Waals surface area contributed by atoms with Gasteiger partial charge in [-0.15, -0.1) is 0 Å². The smallest absolute Gasteiger partial charge is 0.313 e. The molecule has 2 heterocycles. The molecule has 0 aliphatic carbocycles. The second kappa shape index (κ2) is 6.92. The molecule has 3 rings (SSSR count). The number of likely N-dealkylation sites (tertiary alicyclic amines) is 1. The normalized spacial score (nSPS) is 19.7. The zero-order chi connectivity index (χ0) is 18.9. The van der Waals surface area contributed by atoms with Crippen LogP contribution in [0.1, 0.15) is 28.2 Å². The number of hydrogen-bond acceptors (Lipinski definition) is 4. The number of carbonyl (C=O) groups is 2. The van der Waals surface area contributed by atoms with Crippen LogP contribution in [-0.2, 0) is 9.53 Å². The number of carboxylic acids is 1. The summed E-state index contributed by atoms with van der Waals surface area (Å²) in [6.07, 6.45) is 0.395. The number of hydrogen-bond donors (Lipinski definition) is 1. The minimum absolute atomic E-state index is 0.100. The quantitative estimate of drug-likeness (QED) is 0.885. The van der Waals surface area contributed by atoms with Gasteiger partial charge >= 0.3 is 5.97 Å². The van der Waals surface area contributed by atoms with E-state index in [0.717, 1.165) is 17.1 Å². The Labute approximate surface area is 152 Å². The monoisotopic (exact) mass is 357 g/mol. The van der Waals surface area contributed by atoms with Gasteiger partial charge in [-0.05, 0) is 50.6 Å². The number of methoxy groups -OCH3 is 1. The fourth-order valence-electron chi connectivity index (χ4n) is 3.49. The van der Waals surface area contributed by atoms with E-state index in [-0.39, 0.29) is 19.1 Å². The molecule has 1 amide bonds. The SMILES string of the molecule is COCC1(C(=O)O)CCN(C(=O)c2ccc(-n3nc(C)cc3C)cc2)C1. The number of aromatic nitrogens is 2. The third kappa shape index (κ3) is 3.22. The van der Waals surface area contributed by atoms with E-state index in [1.54, 1.807) is 17.0 Å². The number of amides is 1. The fraction of sp³-hybridized carbons (Fsp3) is 0.421. The zero-order valence-electron chi connectivity index (χ0n) is 15.2. The number of aliphatic carboxylic acids is 1. The van der Waals surface area contributed by atoms with Gasteiger partial charge < -0.3 is 14.7 Å². The van der Waals surface area contributed by atoms with Gasteiger partial charge in [0.15, 0.2) is 0 Å². The lowest BCUT2D eigenvalue weighted by Crippen LogP contribution is -2.40. The van der Waals surface area contributed by atoms with Crippen molar-refractivity contribution >= 4 is 11.9 Å². The molecule has 2 aromatic rings. The number of rotatable bonds is 5. The van der Waals surface area contributed by atoms with Crippen LogP contribution in [0.4, 0.5) is 0 Å². The number of aryl methyl sites for hydroxylation is 2. The lowest BCUT2D eigenvalue weighted by molar-refractivity contribution is -0.151. The van der Waals surface area contributed by atoms with Crippen molar-refractivity contribution in [2.45, 2.75) is 20.3 Å².